The van der Waals surface area contributed by atoms with Crippen LogP contribution >= 0.6 is 11.1 Å². The minimum absolute atomic E-state index is 0.796. The first-order chi connectivity index (χ1) is 4.41. The van der Waals surface area contributed by atoms with Gasteiger partial charge in [-0.2, -0.15) is 11.1 Å². The molecule has 1 aliphatic rings. The summed E-state index contributed by atoms with van der Waals surface area (Å²) < 4.78 is 0. The minimum atomic E-state index is -1.19. The van der Waals surface area contributed by atoms with E-state index in [4.69, 9.17) is 11.1 Å². The lowest BCUT2D eigenvalue weighted by Gasteiger charge is -2.35. The average Bonchev–Trinajstić information content (AvgIpc) is 1.56. The maximum atomic E-state index is 6.43. The van der Waals surface area contributed by atoms with Crippen LogP contribution in [0.15, 0.2) is 0 Å². The van der Waals surface area contributed by atoms with Gasteiger partial charge in [0.05, 0.1) is 0 Å². The Hall–Kier alpha value is 0.724. The Balaban J connectivity index is 2.56. The quantitative estimate of drug-likeness (QED) is 0.408. The van der Waals surface area contributed by atoms with Crippen molar-refractivity contribution >= 4 is 26.5 Å². The summed E-state index contributed by atoms with van der Waals surface area (Å²) in [6.07, 6.45) is 1.42. The molecule has 0 N–H and O–H groups in total. The Morgan fingerprint density at radius 3 is 2.00 bits per heavy atom. The molecule has 0 aliphatic carbocycles. The summed E-state index contributed by atoms with van der Waals surface area (Å²) in [7, 11) is -1.99. The number of hydrogen-bond acceptors (Lipinski definition) is 0. The SMILES string of the molecule is C[Si]1(C)CCC[Si](C)(Cl)C1. The maximum absolute atomic E-state index is 6.43. The molecule has 0 nitrogen and oxygen atoms in total. The first kappa shape index (κ1) is 8.82. The summed E-state index contributed by atoms with van der Waals surface area (Å²) >= 11 is 6.43. The van der Waals surface area contributed by atoms with Gasteiger partial charge < -0.3 is 0 Å². The van der Waals surface area contributed by atoms with Crippen LogP contribution in [0.1, 0.15) is 6.42 Å². The Bertz CT molecular complexity index is 118. The van der Waals surface area contributed by atoms with E-state index in [0.717, 1.165) is 0 Å². The zero-order chi connectivity index (χ0) is 7.83. The van der Waals surface area contributed by atoms with E-state index in [1.807, 2.05) is 0 Å². The van der Waals surface area contributed by atoms with Crippen molar-refractivity contribution in [3.8, 4) is 0 Å². The van der Waals surface area contributed by atoms with Gasteiger partial charge in [0.2, 0.25) is 0 Å². The molecule has 1 unspecified atom stereocenters. The molecule has 0 radical (unpaired) electrons. The average molecular weight is 193 g/mol. The molecule has 0 saturated carbocycles. The highest BCUT2D eigenvalue weighted by atomic mass is 35.6. The van der Waals surface area contributed by atoms with Gasteiger partial charge in [0.25, 0.3) is 0 Å². The smallest absolute Gasteiger partial charge is 0.150 e. The van der Waals surface area contributed by atoms with Crippen LogP contribution in [0.2, 0.25) is 37.4 Å². The van der Waals surface area contributed by atoms with Gasteiger partial charge in [-0.25, -0.2) is 0 Å². The molecule has 60 valence electrons. The van der Waals surface area contributed by atoms with E-state index in [-0.39, 0.29) is 0 Å². The lowest BCUT2D eigenvalue weighted by Crippen LogP contribution is -2.41. The molecule has 0 aromatic heterocycles. The number of hydrogen-bond donors (Lipinski definition) is 0. The highest BCUT2D eigenvalue weighted by Crippen LogP contribution is 2.37. The molecule has 0 aromatic carbocycles. The van der Waals surface area contributed by atoms with E-state index in [9.17, 15) is 0 Å². The zero-order valence-corrected chi connectivity index (χ0v) is 9.96. The summed E-state index contributed by atoms with van der Waals surface area (Å²) in [6, 6.07) is 2.88. The van der Waals surface area contributed by atoms with Gasteiger partial charge in [0.15, 0.2) is 7.38 Å². The predicted octanol–water partition coefficient (Wildman–Crippen LogP) is 3.45. The van der Waals surface area contributed by atoms with Crippen molar-refractivity contribution < 1.29 is 0 Å². The lowest BCUT2D eigenvalue weighted by atomic mass is 10.6. The minimum Gasteiger partial charge on any atom is -0.168 e. The fourth-order valence-electron chi connectivity index (χ4n) is 2.11. The largest absolute Gasteiger partial charge is 0.168 e. The summed E-state index contributed by atoms with van der Waals surface area (Å²) in [4.78, 5) is 0. The van der Waals surface area contributed by atoms with Crippen molar-refractivity contribution in [3.05, 3.63) is 0 Å². The molecular weight excluding hydrogens is 176 g/mol. The van der Waals surface area contributed by atoms with Crippen LogP contribution in [0.25, 0.3) is 0 Å². The first-order valence-electron chi connectivity index (χ1n) is 4.10. The monoisotopic (exact) mass is 192 g/mol. The van der Waals surface area contributed by atoms with Crippen LogP contribution in [0, 0.1) is 0 Å². The van der Waals surface area contributed by atoms with Crippen LogP contribution in [-0.4, -0.2) is 15.5 Å². The number of rotatable bonds is 0. The lowest BCUT2D eigenvalue weighted by molar-refractivity contribution is 0.989. The molecule has 0 amide bonds. The molecule has 1 saturated heterocycles. The van der Waals surface area contributed by atoms with Crippen molar-refractivity contribution in [3.63, 3.8) is 0 Å². The molecule has 1 rings (SSSR count). The van der Waals surface area contributed by atoms with Crippen molar-refractivity contribution in [1.82, 2.24) is 0 Å². The summed E-state index contributed by atoms with van der Waals surface area (Å²) in [5.41, 5.74) is 1.45. The molecule has 0 bridgehead atoms. The fraction of sp³-hybridized carbons (Fsp3) is 1.00. The third-order valence-corrected chi connectivity index (χ3v) is 14.0. The molecular formula is C7H17ClSi2. The zero-order valence-electron chi connectivity index (χ0n) is 7.21. The Kier molecular flexibility index (Phi) is 2.33. The van der Waals surface area contributed by atoms with Gasteiger partial charge in [-0.15, -0.1) is 0 Å². The van der Waals surface area contributed by atoms with Crippen LogP contribution in [0.3, 0.4) is 0 Å². The Morgan fingerprint density at radius 1 is 1.10 bits per heavy atom. The molecule has 1 heterocycles. The van der Waals surface area contributed by atoms with E-state index in [1.54, 1.807) is 0 Å². The standard InChI is InChI=1S/C7H17ClSi2/c1-9(2)5-4-6-10(3,8)7-9/h4-7H2,1-3H3. The van der Waals surface area contributed by atoms with E-state index in [1.165, 1.54) is 24.2 Å². The second-order valence-corrected chi connectivity index (χ2v) is 16.9. The third-order valence-electron chi connectivity index (χ3n) is 2.40. The summed E-state index contributed by atoms with van der Waals surface area (Å²) in [5, 5.41) is 0. The van der Waals surface area contributed by atoms with E-state index in [2.05, 4.69) is 19.6 Å². The van der Waals surface area contributed by atoms with Crippen LogP contribution in [0.5, 0.6) is 0 Å². The van der Waals surface area contributed by atoms with Gasteiger partial charge in [0.1, 0.15) is 0 Å². The third kappa shape index (κ3) is 2.40. The molecule has 0 spiro atoms. The maximum Gasteiger partial charge on any atom is 0.150 e. The van der Waals surface area contributed by atoms with Crippen molar-refractivity contribution in [2.75, 3.05) is 0 Å². The first-order valence-corrected chi connectivity index (χ1v) is 11.4. The second-order valence-electron chi connectivity index (χ2n) is 4.61. The summed E-state index contributed by atoms with van der Waals surface area (Å²) in [6.45, 7) is 7.31. The number of halogens is 1. The van der Waals surface area contributed by atoms with Gasteiger partial charge in [-0.3, -0.25) is 0 Å². The molecule has 10 heavy (non-hydrogen) atoms. The molecule has 1 aliphatic heterocycles. The fourth-order valence-corrected chi connectivity index (χ4v) is 17.6. The highest BCUT2D eigenvalue weighted by Gasteiger charge is 2.37. The van der Waals surface area contributed by atoms with E-state index >= 15 is 0 Å². The summed E-state index contributed by atoms with van der Waals surface area (Å²) in [5.74, 6) is 0. The molecule has 1 fully saturated rings. The Labute approximate surface area is 70.7 Å². The second kappa shape index (κ2) is 2.65. The molecule has 1 atom stereocenters. The normalized spacial score (nSPS) is 39.6. The topological polar surface area (TPSA) is 0 Å². The van der Waals surface area contributed by atoms with Crippen LogP contribution in [-0.2, 0) is 0 Å². The van der Waals surface area contributed by atoms with E-state index < -0.39 is 15.5 Å². The predicted molar refractivity (Wildman–Crippen MR) is 54.0 cm³/mol. The van der Waals surface area contributed by atoms with Crippen LogP contribution in [0.4, 0.5) is 0 Å². The molecule has 3 heteroatoms. The Morgan fingerprint density at radius 2 is 1.70 bits per heavy atom. The highest BCUT2D eigenvalue weighted by molar-refractivity contribution is 7.24. The van der Waals surface area contributed by atoms with Gasteiger partial charge in [-0.05, 0) is 11.7 Å². The van der Waals surface area contributed by atoms with Crippen LogP contribution < -0.4 is 0 Å². The molecule has 0 aromatic rings. The van der Waals surface area contributed by atoms with Gasteiger partial charge in [0, 0.05) is 8.07 Å². The van der Waals surface area contributed by atoms with Crippen molar-refractivity contribution in [2.24, 2.45) is 0 Å². The van der Waals surface area contributed by atoms with E-state index in [0.29, 0.717) is 0 Å². The van der Waals surface area contributed by atoms with Gasteiger partial charge in [-0.1, -0.05) is 32.1 Å². The van der Waals surface area contributed by atoms with Crippen molar-refractivity contribution in [2.45, 2.75) is 43.8 Å². The van der Waals surface area contributed by atoms with Crippen molar-refractivity contribution in [1.29, 1.82) is 0 Å². The van der Waals surface area contributed by atoms with Gasteiger partial charge >= 0.3 is 0 Å².